The van der Waals surface area contributed by atoms with Crippen LogP contribution in [0.3, 0.4) is 0 Å². The van der Waals surface area contributed by atoms with Crippen LogP contribution in [0.15, 0.2) is 18.2 Å². The second-order valence-electron chi connectivity index (χ2n) is 5.81. The van der Waals surface area contributed by atoms with Crippen molar-refractivity contribution in [2.45, 2.75) is 52.4 Å². The smallest absolute Gasteiger partial charge is 0.122 e. The standard InChI is InChI=1S/C16H25BrO/c1-6-18-15-8-7-13(16(3,4)5)11-14(15)12(2)9-10-17/h7-8,11-12H,6,9-10H2,1-5H3. The Balaban J connectivity index is 3.15. The fourth-order valence-corrected chi connectivity index (χ4v) is 2.69. The maximum Gasteiger partial charge on any atom is 0.122 e. The lowest BCUT2D eigenvalue weighted by Crippen LogP contribution is -2.12. The molecular weight excluding hydrogens is 288 g/mol. The van der Waals surface area contributed by atoms with Gasteiger partial charge in [0.2, 0.25) is 0 Å². The summed E-state index contributed by atoms with van der Waals surface area (Å²) in [5, 5.41) is 1.03. The molecule has 0 aromatic heterocycles. The second-order valence-corrected chi connectivity index (χ2v) is 6.61. The Morgan fingerprint density at radius 2 is 1.94 bits per heavy atom. The minimum Gasteiger partial charge on any atom is -0.494 e. The number of alkyl halides is 1. The van der Waals surface area contributed by atoms with Gasteiger partial charge in [-0.15, -0.1) is 0 Å². The lowest BCUT2D eigenvalue weighted by Gasteiger charge is -2.23. The van der Waals surface area contributed by atoms with E-state index in [9.17, 15) is 0 Å². The van der Waals surface area contributed by atoms with Crippen molar-refractivity contribution < 1.29 is 4.74 Å². The van der Waals surface area contributed by atoms with Crippen molar-refractivity contribution in [3.63, 3.8) is 0 Å². The molecule has 18 heavy (non-hydrogen) atoms. The Bertz CT molecular complexity index is 379. The first kappa shape index (κ1) is 15.6. The largest absolute Gasteiger partial charge is 0.494 e. The molecule has 0 amide bonds. The monoisotopic (exact) mass is 312 g/mol. The third-order valence-corrected chi connectivity index (χ3v) is 3.71. The highest BCUT2D eigenvalue weighted by atomic mass is 79.9. The van der Waals surface area contributed by atoms with Crippen molar-refractivity contribution in [3.8, 4) is 5.75 Å². The van der Waals surface area contributed by atoms with Gasteiger partial charge in [-0.2, -0.15) is 0 Å². The average molecular weight is 313 g/mol. The van der Waals surface area contributed by atoms with E-state index in [-0.39, 0.29) is 5.41 Å². The average Bonchev–Trinajstić information content (AvgIpc) is 2.28. The van der Waals surface area contributed by atoms with E-state index >= 15 is 0 Å². The summed E-state index contributed by atoms with van der Waals surface area (Å²) in [7, 11) is 0. The molecule has 0 aliphatic heterocycles. The summed E-state index contributed by atoms with van der Waals surface area (Å²) in [5.41, 5.74) is 2.90. The third kappa shape index (κ3) is 4.01. The number of halogens is 1. The molecule has 0 aliphatic rings. The van der Waals surface area contributed by atoms with Gasteiger partial charge in [-0.25, -0.2) is 0 Å². The molecule has 0 bridgehead atoms. The van der Waals surface area contributed by atoms with E-state index in [2.05, 4.69) is 61.8 Å². The van der Waals surface area contributed by atoms with Crippen LogP contribution in [0, 0.1) is 0 Å². The van der Waals surface area contributed by atoms with Gasteiger partial charge >= 0.3 is 0 Å². The van der Waals surface area contributed by atoms with Crippen LogP contribution < -0.4 is 4.74 Å². The van der Waals surface area contributed by atoms with Crippen LogP contribution in [-0.2, 0) is 5.41 Å². The number of ether oxygens (including phenoxy) is 1. The second kappa shape index (κ2) is 6.60. The first-order valence-corrected chi connectivity index (χ1v) is 7.85. The Hall–Kier alpha value is -0.500. The predicted molar refractivity (Wildman–Crippen MR) is 83.1 cm³/mol. The minimum absolute atomic E-state index is 0.188. The van der Waals surface area contributed by atoms with Gasteiger partial charge in [-0.3, -0.25) is 0 Å². The first-order valence-electron chi connectivity index (χ1n) is 6.73. The fourth-order valence-electron chi connectivity index (χ4n) is 2.01. The highest BCUT2D eigenvalue weighted by molar-refractivity contribution is 9.09. The summed E-state index contributed by atoms with van der Waals surface area (Å²) >= 11 is 3.53. The molecular formula is C16H25BrO. The summed E-state index contributed by atoms with van der Waals surface area (Å²) in [6.45, 7) is 11.8. The van der Waals surface area contributed by atoms with Crippen LogP contribution in [0.25, 0.3) is 0 Å². The highest BCUT2D eigenvalue weighted by Crippen LogP contribution is 2.34. The van der Waals surface area contributed by atoms with Gasteiger partial charge in [-0.05, 0) is 41.9 Å². The van der Waals surface area contributed by atoms with Gasteiger partial charge < -0.3 is 4.74 Å². The van der Waals surface area contributed by atoms with E-state index < -0.39 is 0 Å². The summed E-state index contributed by atoms with van der Waals surface area (Å²) in [6, 6.07) is 6.64. The summed E-state index contributed by atoms with van der Waals surface area (Å²) in [4.78, 5) is 0. The maximum atomic E-state index is 5.76. The molecule has 1 aromatic carbocycles. The molecule has 0 N–H and O–H groups in total. The van der Waals surface area contributed by atoms with Crippen molar-refractivity contribution in [2.75, 3.05) is 11.9 Å². The highest BCUT2D eigenvalue weighted by Gasteiger charge is 2.18. The van der Waals surface area contributed by atoms with E-state index in [1.54, 1.807) is 0 Å². The number of hydrogen-bond donors (Lipinski definition) is 0. The molecule has 1 nitrogen and oxygen atoms in total. The summed E-state index contributed by atoms with van der Waals surface area (Å²) in [5.74, 6) is 1.56. The zero-order valence-corrected chi connectivity index (χ0v) is 13.8. The Morgan fingerprint density at radius 1 is 1.28 bits per heavy atom. The summed E-state index contributed by atoms with van der Waals surface area (Å²) in [6.07, 6.45) is 1.13. The van der Waals surface area contributed by atoms with Crippen molar-refractivity contribution >= 4 is 15.9 Å². The van der Waals surface area contributed by atoms with Crippen LogP contribution in [0.4, 0.5) is 0 Å². The van der Waals surface area contributed by atoms with Crippen molar-refractivity contribution in [3.05, 3.63) is 29.3 Å². The number of hydrogen-bond acceptors (Lipinski definition) is 1. The zero-order chi connectivity index (χ0) is 13.8. The van der Waals surface area contributed by atoms with Crippen molar-refractivity contribution in [2.24, 2.45) is 0 Å². The van der Waals surface area contributed by atoms with E-state index in [0.29, 0.717) is 5.92 Å². The zero-order valence-electron chi connectivity index (χ0n) is 12.2. The fraction of sp³-hybridized carbons (Fsp3) is 0.625. The van der Waals surface area contributed by atoms with Gasteiger partial charge in [0.1, 0.15) is 5.75 Å². The molecule has 0 fully saturated rings. The maximum absolute atomic E-state index is 5.76. The van der Waals surface area contributed by atoms with Gasteiger partial charge in [0.05, 0.1) is 6.61 Å². The SMILES string of the molecule is CCOc1ccc(C(C)(C)C)cc1C(C)CCBr. The minimum atomic E-state index is 0.188. The van der Waals surface area contributed by atoms with Gasteiger partial charge in [0.25, 0.3) is 0 Å². The van der Waals surface area contributed by atoms with Crippen LogP contribution in [0.2, 0.25) is 0 Å². The van der Waals surface area contributed by atoms with E-state index in [0.717, 1.165) is 24.1 Å². The Morgan fingerprint density at radius 3 is 2.44 bits per heavy atom. The molecule has 0 aliphatic carbocycles. The molecule has 0 saturated heterocycles. The van der Waals surface area contributed by atoms with Gasteiger partial charge in [0.15, 0.2) is 0 Å². The van der Waals surface area contributed by atoms with Crippen molar-refractivity contribution in [1.29, 1.82) is 0 Å². The molecule has 1 rings (SSSR count). The van der Waals surface area contributed by atoms with Crippen LogP contribution in [0.1, 0.15) is 58.1 Å². The first-order chi connectivity index (χ1) is 8.40. The van der Waals surface area contributed by atoms with Crippen LogP contribution in [0.5, 0.6) is 5.75 Å². The van der Waals surface area contributed by atoms with E-state index in [1.807, 2.05) is 6.92 Å². The molecule has 2 heteroatoms. The Labute approximate surface area is 120 Å². The lowest BCUT2D eigenvalue weighted by molar-refractivity contribution is 0.334. The molecule has 1 aromatic rings. The van der Waals surface area contributed by atoms with Gasteiger partial charge in [-0.1, -0.05) is 55.8 Å². The molecule has 0 spiro atoms. The lowest BCUT2D eigenvalue weighted by atomic mass is 9.84. The normalized spacial score (nSPS) is 13.4. The Kier molecular flexibility index (Phi) is 5.71. The van der Waals surface area contributed by atoms with Crippen LogP contribution in [-0.4, -0.2) is 11.9 Å². The van der Waals surface area contributed by atoms with E-state index in [1.165, 1.54) is 11.1 Å². The van der Waals surface area contributed by atoms with E-state index in [4.69, 9.17) is 4.74 Å². The molecule has 102 valence electrons. The molecule has 0 saturated carbocycles. The van der Waals surface area contributed by atoms with Gasteiger partial charge in [0, 0.05) is 5.33 Å². The number of benzene rings is 1. The quantitative estimate of drug-likeness (QED) is 0.673. The number of rotatable bonds is 5. The molecule has 1 unspecified atom stereocenters. The van der Waals surface area contributed by atoms with Crippen LogP contribution >= 0.6 is 15.9 Å². The molecule has 0 heterocycles. The third-order valence-electron chi connectivity index (χ3n) is 3.25. The summed E-state index contributed by atoms with van der Waals surface area (Å²) < 4.78 is 5.76. The topological polar surface area (TPSA) is 9.23 Å². The van der Waals surface area contributed by atoms with Crippen molar-refractivity contribution in [1.82, 2.24) is 0 Å². The molecule has 1 atom stereocenters. The molecule has 0 radical (unpaired) electrons. The predicted octanol–water partition coefficient (Wildman–Crippen LogP) is 5.27.